The molecule has 2 atom stereocenters. The number of nitrogens with one attached hydrogen (secondary N) is 2. The van der Waals surface area contributed by atoms with E-state index in [-0.39, 0.29) is 11.3 Å². The van der Waals surface area contributed by atoms with E-state index in [9.17, 15) is 9.59 Å². The highest BCUT2D eigenvalue weighted by Crippen LogP contribution is 2.52. The van der Waals surface area contributed by atoms with E-state index in [1.54, 1.807) is 5.48 Å². The van der Waals surface area contributed by atoms with E-state index in [0.717, 1.165) is 52.3 Å². The maximum atomic E-state index is 13.2. The van der Waals surface area contributed by atoms with Gasteiger partial charge in [-0.3, -0.25) is 24.2 Å². The second kappa shape index (κ2) is 11.0. The van der Waals surface area contributed by atoms with Gasteiger partial charge in [-0.25, -0.2) is 5.48 Å². The van der Waals surface area contributed by atoms with Gasteiger partial charge in [-0.1, -0.05) is 40.2 Å². The first-order valence-electron chi connectivity index (χ1n) is 13.9. The first-order valence-corrected chi connectivity index (χ1v) is 14.7. The lowest BCUT2D eigenvalue weighted by Crippen LogP contribution is -2.59. The Morgan fingerprint density at radius 3 is 2.37 bits per heavy atom. The summed E-state index contributed by atoms with van der Waals surface area (Å²) < 4.78 is 4.82. The van der Waals surface area contributed by atoms with Gasteiger partial charge in [0.05, 0.1) is 35.4 Å². The van der Waals surface area contributed by atoms with Crippen molar-refractivity contribution in [2.24, 2.45) is 25.4 Å². The number of carbonyl (C=O) groups excluding carboxylic acids is 2. The third-order valence-electron chi connectivity index (χ3n) is 8.77. The zero-order valence-electron chi connectivity index (χ0n) is 23.2. The molecule has 4 aromatic rings. The van der Waals surface area contributed by atoms with E-state index in [1.165, 1.54) is 11.0 Å². The number of rotatable bonds is 3. The van der Waals surface area contributed by atoms with Crippen molar-refractivity contribution in [3.63, 3.8) is 0 Å². The third-order valence-corrected chi connectivity index (χ3v) is 9.27. The van der Waals surface area contributed by atoms with E-state index in [2.05, 4.69) is 61.8 Å². The molecular weight excluding hydrogens is 586 g/mol. The normalized spacial score (nSPS) is 21.4. The van der Waals surface area contributed by atoms with Gasteiger partial charge in [-0.05, 0) is 60.4 Å². The largest absolute Gasteiger partial charge is 0.337 e. The second-order valence-corrected chi connectivity index (χ2v) is 12.3. The Morgan fingerprint density at radius 1 is 1.05 bits per heavy atom. The van der Waals surface area contributed by atoms with E-state index >= 15 is 0 Å². The molecular formula is C30H34BrN7O3. The Morgan fingerprint density at radius 2 is 1.73 bits per heavy atom. The van der Waals surface area contributed by atoms with E-state index in [0.29, 0.717) is 19.5 Å². The van der Waals surface area contributed by atoms with Crippen molar-refractivity contribution >= 4 is 55.1 Å². The third kappa shape index (κ3) is 5.53. The number of benzene rings is 2. The van der Waals surface area contributed by atoms with Gasteiger partial charge < -0.3 is 10.2 Å². The van der Waals surface area contributed by atoms with Crippen molar-refractivity contribution in [2.75, 3.05) is 19.6 Å². The van der Waals surface area contributed by atoms with E-state index < -0.39 is 17.9 Å². The van der Waals surface area contributed by atoms with Crippen LogP contribution in [0.1, 0.15) is 31.2 Å². The molecule has 214 valence electrons. The molecule has 0 radical (unpaired) electrons. The van der Waals surface area contributed by atoms with Crippen LogP contribution in [0.4, 0.5) is 0 Å². The fourth-order valence-electron chi connectivity index (χ4n) is 6.06. The Kier molecular flexibility index (Phi) is 7.43. The Bertz CT molecular complexity index is 1650. The van der Waals surface area contributed by atoms with Crippen molar-refractivity contribution in [3.8, 4) is 0 Å². The first-order chi connectivity index (χ1) is 19.8. The fraction of sp³-hybridized carbons (Fsp3) is 0.400. The molecule has 1 saturated heterocycles. The molecule has 2 aliphatic heterocycles. The Balaban J connectivity index is 0.000000229. The van der Waals surface area contributed by atoms with Crippen LogP contribution in [0.2, 0.25) is 0 Å². The van der Waals surface area contributed by atoms with Gasteiger partial charge in [0.1, 0.15) is 0 Å². The summed E-state index contributed by atoms with van der Waals surface area (Å²) in [6.07, 6.45) is 9.40. The number of aromatic nitrogens is 4. The SMILES string of the molecule is Cn1ncc2ccc(Br)cc21.Cn1ncc2ccc(C3=CCN(C(=O)[C@H]4NCC5(CC5)C[C@@H]4C(=O)NO)CC3)cc21. The van der Waals surface area contributed by atoms with Gasteiger partial charge in [0.15, 0.2) is 0 Å². The molecule has 2 fully saturated rings. The number of nitrogens with zero attached hydrogens (tertiary/aromatic N) is 5. The van der Waals surface area contributed by atoms with Gasteiger partial charge in [0, 0.05) is 49.0 Å². The lowest BCUT2D eigenvalue weighted by Gasteiger charge is -2.38. The van der Waals surface area contributed by atoms with Crippen LogP contribution in [0.15, 0.2) is 59.3 Å². The molecule has 41 heavy (non-hydrogen) atoms. The lowest BCUT2D eigenvalue weighted by atomic mass is 9.81. The number of fused-ring (bicyclic) bond motifs is 2. The molecule has 2 aromatic heterocycles. The quantitative estimate of drug-likeness (QED) is 0.237. The van der Waals surface area contributed by atoms with E-state index in [1.807, 2.05) is 52.9 Å². The zero-order valence-corrected chi connectivity index (χ0v) is 24.8. The van der Waals surface area contributed by atoms with Crippen molar-refractivity contribution < 1.29 is 14.8 Å². The summed E-state index contributed by atoms with van der Waals surface area (Å²) in [6, 6.07) is 11.9. The number of aryl methyl sites for hydroxylation is 2. The summed E-state index contributed by atoms with van der Waals surface area (Å²) in [5, 5.41) is 23.2. The topological polar surface area (TPSA) is 117 Å². The minimum atomic E-state index is -0.580. The summed E-state index contributed by atoms with van der Waals surface area (Å²) >= 11 is 3.41. The molecule has 11 heteroatoms. The van der Waals surface area contributed by atoms with Crippen LogP contribution in [0.5, 0.6) is 0 Å². The van der Waals surface area contributed by atoms with Crippen LogP contribution in [-0.2, 0) is 23.7 Å². The average Bonchev–Trinajstić information content (AvgIpc) is 3.50. The fourth-order valence-corrected chi connectivity index (χ4v) is 6.41. The highest BCUT2D eigenvalue weighted by Gasteiger charge is 2.52. The van der Waals surface area contributed by atoms with Crippen molar-refractivity contribution in [2.45, 2.75) is 31.7 Å². The summed E-state index contributed by atoms with van der Waals surface area (Å²) in [6.45, 7) is 1.90. The number of piperidine rings is 1. The minimum absolute atomic E-state index is 0.0588. The van der Waals surface area contributed by atoms with Gasteiger partial charge in [0.2, 0.25) is 11.8 Å². The Hall–Kier alpha value is -3.54. The minimum Gasteiger partial charge on any atom is -0.337 e. The van der Waals surface area contributed by atoms with Crippen LogP contribution >= 0.6 is 15.9 Å². The van der Waals surface area contributed by atoms with Crippen LogP contribution in [0.3, 0.4) is 0 Å². The molecule has 0 unspecified atom stereocenters. The molecule has 0 bridgehead atoms. The summed E-state index contributed by atoms with van der Waals surface area (Å²) in [5.74, 6) is -1.06. The number of hydroxylamine groups is 1. The Labute approximate surface area is 246 Å². The summed E-state index contributed by atoms with van der Waals surface area (Å²) in [4.78, 5) is 27.3. The van der Waals surface area contributed by atoms with E-state index in [4.69, 9.17) is 5.21 Å². The lowest BCUT2D eigenvalue weighted by molar-refractivity contribution is -0.144. The van der Waals surface area contributed by atoms with Gasteiger partial charge >= 0.3 is 0 Å². The van der Waals surface area contributed by atoms with Crippen LogP contribution < -0.4 is 10.8 Å². The predicted molar refractivity (Wildman–Crippen MR) is 160 cm³/mol. The molecule has 7 rings (SSSR count). The monoisotopic (exact) mass is 619 g/mol. The van der Waals surface area contributed by atoms with Crippen molar-refractivity contribution in [3.05, 3.63) is 64.9 Å². The number of hydrogen-bond donors (Lipinski definition) is 3. The van der Waals surface area contributed by atoms with Crippen LogP contribution in [0, 0.1) is 11.3 Å². The number of amides is 2. The number of carbonyl (C=O) groups is 2. The second-order valence-electron chi connectivity index (χ2n) is 11.4. The smallest absolute Gasteiger partial charge is 0.248 e. The summed E-state index contributed by atoms with van der Waals surface area (Å²) in [7, 11) is 3.87. The molecule has 1 spiro atoms. The molecule has 10 nitrogen and oxygen atoms in total. The molecule has 2 amide bonds. The van der Waals surface area contributed by atoms with Crippen molar-refractivity contribution in [1.82, 2.24) is 35.3 Å². The molecule has 3 aliphatic rings. The molecule has 1 saturated carbocycles. The molecule has 1 aliphatic carbocycles. The molecule has 4 heterocycles. The maximum Gasteiger partial charge on any atom is 0.248 e. The number of hydrogen-bond acceptors (Lipinski definition) is 6. The first kappa shape index (κ1) is 27.6. The van der Waals surface area contributed by atoms with Crippen LogP contribution in [-0.4, -0.2) is 67.2 Å². The standard InChI is InChI=1S/C22H27N5O3.C8H7BrN2/c1-26-18-10-15(2-3-16(18)12-24-26)14-4-8-27(9-5-14)21(29)19-17(20(28)25-30)11-22(6-7-22)13-23-19;1-11-8-4-7(9)3-2-6(8)5-10-11/h2-4,10,12,17,19,23,30H,5-9,11,13H2,1H3,(H,25,28);2-5H,1H3/t17-,19-;/m0./s1. The van der Waals surface area contributed by atoms with Gasteiger partial charge in [-0.2, -0.15) is 10.2 Å². The number of halogens is 1. The average molecular weight is 621 g/mol. The molecule has 3 N–H and O–H groups in total. The highest BCUT2D eigenvalue weighted by atomic mass is 79.9. The van der Waals surface area contributed by atoms with Gasteiger partial charge in [0.25, 0.3) is 0 Å². The summed E-state index contributed by atoms with van der Waals surface area (Å²) in [5.41, 5.74) is 6.51. The van der Waals surface area contributed by atoms with Crippen LogP contribution in [0.25, 0.3) is 27.4 Å². The van der Waals surface area contributed by atoms with Crippen molar-refractivity contribution in [1.29, 1.82) is 0 Å². The predicted octanol–water partition coefficient (Wildman–Crippen LogP) is 3.79. The molecule has 2 aromatic carbocycles. The van der Waals surface area contributed by atoms with Gasteiger partial charge in [-0.15, -0.1) is 0 Å². The zero-order chi connectivity index (χ0) is 28.7. The maximum absolute atomic E-state index is 13.2. The highest BCUT2D eigenvalue weighted by molar-refractivity contribution is 9.10.